The van der Waals surface area contributed by atoms with Gasteiger partial charge in [0.25, 0.3) is 0 Å². The number of aromatic nitrogens is 3. The molecule has 0 amide bonds. The van der Waals surface area contributed by atoms with Crippen molar-refractivity contribution < 1.29 is 0 Å². The van der Waals surface area contributed by atoms with E-state index in [4.69, 9.17) is 5.26 Å². The van der Waals surface area contributed by atoms with Crippen LogP contribution < -0.4 is 4.90 Å². The van der Waals surface area contributed by atoms with Gasteiger partial charge in [0.05, 0.1) is 17.5 Å². The fourth-order valence-corrected chi connectivity index (χ4v) is 1.57. The van der Waals surface area contributed by atoms with Gasteiger partial charge in [-0.1, -0.05) is 12.1 Å². The van der Waals surface area contributed by atoms with Gasteiger partial charge in [-0.15, -0.1) is 10.2 Å². The smallest absolute Gasteiger partial charge is 0.245 e. The number of hydrogen-bond acceptors (Lipinski definition) is 5. The Hall–Kier alpha value is -2.22. The molecule has 2 rings (SSSR count). The summed E-state index contributed by atoms with van der Waals surface area (Å²) >= 11 is 0. The number of nitrogens with zero attached hydrogens (tertiary/aromatic N) is 5. The predicted octanol–water partition coefficient (Wildman–Crippen LogP) is 1.62. The van der Waals surface area contributed by atoms with Gasteiger partial charge < -0.3 is 4.90 Å². The first kappa shape index (κ1) is 11.3. The van der Waals surface area contributed by atoms with E-state index in [0.29, 0.717) is 12.5 Å². The van der Waals surface area contributed by atoms with Crippen molar-refractivity contribution in [2.24, 2.45) is 5.92 Å². The summed E-state index contributed by atoms with van der Waals surface area (Å²) in [7, 11) is 1.86. The number of benzene rings is 1. The molecule has 0 saturated carbocycles. The first-order valence-corrected chi connectivity index (χ1v) is 5.41. The Kier molecular flexibility index (Phi) is 3.15. The third-order valence-corrected chi connectivity index (χ3v) is 2.46. The van der Waals surface area contributed by atoms with Gasteiger partial charge in [-0.05, 0) is 19.1 Å². The van der Waals surface area contributed by atoms with E-state index in [2.05, 4.69) is 21.3 Å². The van der Waals surface area contributed by atoms with Crippen molar-refractivity contribution in [3.63, 3.8) is 0 Å². The lowest BCUT2D eigenvalue weighted by atomic mass is 10.2. The number of rotatable bonds is 3. The molecule has 0 fully saturated rings. The van der Waals surface area contributed by atoms with Crippen molar-refractivity contribution in [2.75, 3.05) is 18.5 Å². The molecule has 0 aliphatic carbocycles. The SMILES string of the molecule is CC(C#N)CN(C)c1nnc2ccccc2n1. The first-order valence-electron chi connectivity index (χ1n) is 5.41. The van der Waals surface area contributed by atoms with E-state index in [1.54, 1.807) is 0 Å². The molecule has 0 aliphatic heterocycles. The minimum absolute atomic E-state index is 0.0601. The Morgan fingerprint density at radius 2 is 2.00 bits per heavy atom. The van der Waals surface area contributed by atoms with Crippen LogP contribution in [0.3, 0.4) is 0 Å². The Morgan fingerprint density at radius 3 is 2.71 bits per heavy atom. The van der Waals surface area contributed by atoms with Gasteiger partial charge in [0.15, 0.2) is 0 Å². The predicted molar refractivity (Wildman–Crippen MR) is 65.4 cm³/mol. The highest BCUT2D eigenvalue weighted by Gasteiger charge is 2.09. The Labute approximate surface area is 99.7 Å². The van der Waals surface area contributed by atoms with Crippen LogP contribution in [-0.2, 0) is 0 Å². The number of nitriles is 1. The second kappa shape index (κ2) is 4.74. The zero-order chi connectivity index (χ0) is 12.3. The molecule has 5 nitrogen and oxygen atoms in total. The van der Waals surface area contributed by atoms with Crippen molar-refractivity contribution in [2.45, 2.75) is 6.92 Å². The molecule has 2 aromatic rings. The van der Waals surface area contributed by atoms with E-state index in [9.17, 15) is 0 Å². The van der Waals surface area contributed by atoms with Crippen LogP contribution in [0.25, 0.3) is 11.0 Å². The number of hydrogen-bond donors (Lipinski definition) is 0. The van der Waals surface area contributed by atoms with Crippen LogP contribution >= 0.6 is 0 Å². The number of fused-ring (bicyclic) bond motifs is 1. The molecule has 1 atom stereocenters. The van der Waals surface area contributed by atoms with E-state index in [1.807, 2.05) is 43.1 Å². The Balaban J connectivity index is 2.27. The van der Waals surface area contributed by atoms with Gasteiger partial charge in [-0.3, -0.25) is 0 Å². The fourth-order valence-electron chi connectivity index (χ4n) is 1.57. The maximum absolute atomic E-state index is 8.77. The molecule has 1 heterocycles. The van der Waals surface area contributed by atoms with Gasteiger partial charge in [0.2, 0.25) is 5.95 Å². The largest absolute Gasteiger partial charge is 0.341 e. The molecule has 0 saturated heterocycles. The quantitative estimate of drug-likeness (QED) is 0.797. The zero-order valence-corrected chi connectivity index (χ0v) is 9.83. The standard InChI is InChI=1S/C12H13N5/c1-9(7-13)8-17(2)12-14-10-5-3-4-6-11(10)15-16-12/h3-6,9H,8H2,1-2H3. The molecule has 1 aromatic heterocycles. The van der Waals surface area contributed by atoms with Crippen molar-refractivity contribution in [3.8, 4) is 6.07 Å². The van der Waals surface area contributed by atoms with Crippen LogP contribution in [0.15, 0.2) is 24.3 Å². The summed E-state index contributed by atoms with van der Waals surface area (Å²) in [6.07, 6.45) is 0. The lowest BCUT2D eigenvalue weighted by Crippen LogP contribution is -2.25. The summed E-state index contributed by atoms with van der Waals surface area (Å²) in [4.78, 5) is 6.25. The minimum atomic E-state index is -0.0601. The van der Waals surface area contributed by atoms with Gasteiger partial charge in [-0.25, -0.2) is 4.98 Å². The molecule has 1 unspecified atom stereocenters. The van der Waals surface area contributed by atoms with E-state index in [1.165, 1.54) is 0 Å². The maximum atomic E-state index is 8.77. The Bertz CT molecular complexity index is 560. The van der Waals surface area contributed by atoms with E-state index >= 15 is 0 Å². The average Bonchev–Trinajstić information content (AvgIpc) is 2.38. The second-order valence-corrected chi connectivity index (χ2v) is 4.01. The van der Waals surface area contributed by atoms with Crippen LogP contribution in [0.2, 0.25) is 0 Å². The normalized spacial score (nSPS) is 12.1. The molecule has 0 aliphatic rings. The maximum Gasteiger partial charge on any atom is 0.245 e. The topological polar surface area (TPSA) is 65.7 Å². The van der Waals surface area contributed by atoms with E-state index < -0.39 is 0 Å². The van der Waals surface area contributed by atoms with Gasteiger partial charge in [-0.2, -0.15) is 5.26 Å². The lowest BCUT2D eigenvalue weighted by Gasteiger charge is -2.17. The fraction of sp³-hybridized carbons (Fsp3) is 0.333. The molecule has 86 valence electrons. The molecule has 1 aromatic carbocycles. The minimum Gasteiger partial charge on any atom is -0.341 e. The van der Waals surface area contributed by atoms with Gasteiger partial charge in [0.1, 0.15) is 5.52 Å². The lowest BCUT2D eigenvalue weighted by molar-refractivity contribution is 0.698. The van der Waals surface area contributed by atoms with Crippen molar-refractivity contribution >= 4 is 17.0 Å². The average molecular weight is 227 g/mol. The molecular formula is C12H13N5. The molecule has 0 spiro atoms. The summed E-state index contributed by atoms with van der Waals surface area (Å²) in [5, 5.41) is 16.9. The van der Waals surface area contributed by atoms with Crippen LogP contribution in [-0.4, -0.2) is 28.8 Å². The molecule has 0 radical (unpaired) electrons. The summed E-state index contributed by atoms with van der Waals surface area (Å²) in [6.45, 7) is 2.46. The van der Waals surface area contributed by atoms with Crippen LogP contribution in [0.5, 0.6) is 0 Å². The number of para-hydroxylation sites is 1. The summed E-state index contributed by atoms with van der Waals surface area (Å²) in [5.74, 6) is 0.487. The summed E-state index contributed by atoms with van der Waals surface area (Å²) in [5.41, 5.74) is 1.59. The monoisotopic (exact) mass is 227 g/mol. The van der Waals surface area contributed by atoms with Crippen molar-refractivity contribution in [1.82, 2.24) is 15.2 Å². The number of anilines is 1. The molecule has 5 heteroatoms. The zero-order valence-electron chi connectivity index (χ0n) is 9.83. The second-order valence-electron chi connectivity index (χ2n) is 4.01. The van der Waals surface area contributed by atoms with E-state index in [0.717, 1.165) is 11.0 Å². The van der Waals surface area contributed by atoms with Crippen LogP contribution in [0.4, 0.5) is 5.95 Å². The van der Waals surface area contributed by atoms with Crippen LogP contribution in [0, 0.1) is 17.2 Å². The Morgan fingerprint density at radius 1 is 1.29 bits per heavy atom. The third-order valence-electron chi connectivity index (χ3n) is 2.46. The summed E-state index contributed by atoms with van der Waals surface area (Å²) < 4.78 is 0. The molecule has 0 N–H and O–H groups in total. The molecule has 0 bridgehead atoms. The first-order chi connectivity index (χ1) is 8.20. The highest BCUT2D eigenvalue weighted by atomic mass is 15.3. The van der Waals surface area contributed by atoms with Crippen molar-refractivity contribution in [3.05, 3.63) is 24.3 Å². The van der Waals surface area contributed by atoms with Crippen molar-refractivity contribution in [1.29, 1.82) is 5.26 Å². The van der Waals surface area contributed by atoms with Crippen LogP contribution in [0.1, 0.15) is 6.92 Å². The van der Waals surface area contributed by atoms with Gasteiger partial charge >= 0.3 is 0 Å². The molecular weight excluding hydrogens is 214 g/mol. The summed E-state index contributed by atoms with van der Waals surface area (Å²) in [6, 6.07) is 9.77. The van der Waals surface area contributed by atoms with Gasteiger partial charge in [0, 0.05) is 13.6 Å². The van der Waals surface area contributed by atoms with E-state index in [-0.39, 0.29) is 5.92 Å². The third kappa shape index (κ3) is 2.48. The molecule has 17 heavy (non-hydrogen) atoms. The highest BCUT2D eigenvalue weighted by molar-refractivity contribution is 5.74. The highest BCUT2D eigenvalue weighted by Crippen LogP contribution is 2.12.